The van der Waals surface area contributed by atoms with Crippen LogP contribution in [0.1, 0.15) is 170 Å². The van der Waals surface area contributed by atoms with Crippen LogP contribution >= 0.6 is 0 Å². The van der Waals surface area contributed by atoms with Gasteiger partial charge < -0.3 is 89.7 Å². The van der Waals surface area contributed by atoms with E-state index in [4.69, 9.17) is 28.4 Å². The van der Waals surface area contributed by atoms with Crippen molar-refractivity contribution < 1.29 is 128 Å². The number of allylic oxidation sites excluding steroid dienone is 6. The largest absolute Gasteiger partial charge is 0.459 e. The molecule has 102 heavy (non-hydrogen) atoms. The molecule has 12 N–H and O–H groups in total. The Labute approximate surface area is 595 Å². The predicted octanol–water partition coefficient (Wildman–Crippen LogP) is 2.77. The number of aliphatic hydroxyl groups excluding tert-OH is 10. The number of hydrogen-bond donors (Lipinski definition) is 12. The summed E-state index contributed by atoms with van der Waals surface area (Å²) in [5.74, 6) is -7.72. The van der Waals surface area contributed by atoms with Crippen molar-refractivity contribution in [3.05, 3.63) is 59.4 Å². The van der Waals surface area contributed by atoms with E-state index in [1.165, 1.54) is 39.8 Å². The second kappa shape index (κ2) is 27.0. The summed E-state index contributed by atoms with van der Waals surface area (Å²) in [6, 6.07) is 0. The van der Waals surface area contributed by atoms with Crippen molar-refractivity contribution in [1.29, 1.82) is 0 Å². The van der Waals surface area contributed by atoms with E-state index in [9.17, 15) is 99.6 Å². The lowest BCUT2D eigenvalue weighted by Crippen LogP contribution is -2.66. The van der Waals surface area contributed by atoms with Gasteiger partial charge >= 0.3 is 11.9 Å². The van der Waals surface area contributed by atoms with Crippen molar-refractivity contribution in [2.45, 2.75) is 272 Å². The third-order valence-corrected chi connectivity index (χ3v) is 26.9. The lowest BCUT2D eigenvalue weighted by Gasteiger charge is -2.64. The summed E-state index contributed by atoms with van der Waals surface area (Å²) in [7, 11) is 0. The molecule has 0 aromatic heterocycles. The van der Waals surface area contributed by atoms with Crippen LogP contribution < -0.4 is 0 Å². The van der Waals surface area contributed by atoms with Crippen LogP contribution in [-0.4, -0.2) is 223 Å². The lowest BCUT2D eigenvalue weighted by atomic mass is 9.38. The smallest absolute Gasteiger partial charge is 0.303 e. The number of esters is 2. The number of ether oxygens (including phenoxy) is 6. The molecule has 10 unspecified atom stereocenters. The quantitative estimate of drug-likeness (QED) is 0.0600. The second-order valence-electron chi connectivity index (χ2n) is 34.8. The van der Waals surface area contributed by atoms with Crippen LogP contribution in [-0.2, 0) is 66.8 Å². The van der Waals surface area contributed by atoms with Crippen molar-refractivity contribution in [2.75, 3.05) is 13.2 Å². The van der Waals surface area contributed by atoms with Gasteiger partial charge in [-0.05, 0) is 171 Å². The van der Waals surface area contributed by atoms with Crippen LogP contribution in [0.15, 0.2) is 59.4 Å². The van der Waals surface area contributed by atoms with Gasteiger partial charge in [-0.3, -0.25) is 38.4 Å². The molecule has 7 fully saturated rings. The van der Waals surface area contributed by atoms with Gasteiger partial charge in [-0.15, -0.1) is 0 Å². The van der Waals surface area contributed by atoms with E-state index in [1.807, 2.05) is 53.7 Å². The van der Waals surface area contributed by atoms with Crippen molar-refractivity contribution in [2.24, 2.45) is 78.8 Å². The summed E-state index contributed by atoms with van der Waals surface area (Å²) in [5, 5.41) is 129. The summed E-state index contributed by atoms with van der Waals surface area (Å²) in [4.78, 5) is 108. The molecule has 0 radical (unpaired) electrons. The first-order valence-electron chi connectivity index (χ1n) is 35.5. The molecule has 0 aromatic rings. The van der Waals surface area contributed by atoms with Crippen molar-refractivity contribution in [3.8, 4) is 0 Å². The van der Waals surface area contributed by atoms with E-state index in [2.05, 4.69) is 0 Å². The number of hydrogen-bond acceptors (Lipinski definition) is 26. The van der Waals surface area contributed by atoms with Gasteiger partial charge in [-0.25, -0.2) is 0 Å². The fraction of sp³-hybridized carbons (Fsp3) is 0.763. The SMILES string of the molecule is CC(=O)OC(C)(C)/C=C/C(=O)[C@](C)(O)[C@H]1[C@H](O)C[C@@]2(C)[C@@H]3CC=C4[C@@H](C=C(OC5OC(CO)C(O)C(O)C5O)C(=O)C4(C)C)[C@]3(C)C(=O)C[C@]12C.CC(=O)OC(C)(C)/C=C/C(=O)[C@](C)(O)[C@H]1[C@H](O)C[C@@]2(C)[C@@H]3CC=C4[C@@H](C[C@H](OC5OC(CO)C(O)C(O)C5O)C(=O)C4(C)C)[C@]3(C)C(=O)C[C@]12C. The molecular formula is C76H110O26. The van der Waals surface area contributed by atoms with Crippen LogP contribution in [0.2, 0.25) is 0 Å². The van der Waals surface area contributed by atoms with Crippen LogP contribution in [0.4, 0.5) is 0 Å². The monoisotopic (exact) mass is 1440 g/mol. The van der Waals surface area contributed by atoms with E-state index in [-0.39, 0.29) is 61.1 Å². The Hall–Kier alpha value is -5.14. The third kappa shape index (κ3) is 12.7. The molecule has 27 atom stereocenters. The van der Waals surface area contributed by atoms with Gasteiger partial charge in [0.05, 0.1) is 30.8 Å². The van der Waals surface area contributed by atoms with Crippen LogP contribution in [0.3, 0.4) is 0 Å². The molecule has 0 amide bonds. The first-order chi connectivity index (χ1) is 46.6. The van der Waals surface area contributed by atoms with E-state index in [0.29, 0.717) is 18.4 Å². The number of carbonyl (C=O) groups is 8. The number of aliphatic hydroxyl groups is 12. The number of ketones is 6. The van der Waals surface area contributed by atoms with Gasteiger partial charge in [0, 0.05) is 60.7 Å². The summed E-state index contributed by atoms with van der Waals surface area (Å²) in [6.45, 7) is 28.6. The Kier molecular flexibility index (Phi) is 21.4. The normalized spacial score (nSPS) is 44.1. The number of fused-ring (bicyclic) bond motifs is 10. The number of carbonyl (C=O) groups excluding carboxylic acids is 8. The zero-order valence-corrected chi connectivity index (χ0v) is 62.0. The first kappa shape index (κ1) is 80.9. The standard InChI is InChI=1S/C38H56O13.C38H54O13/c2*1-18(40)51-33(2,3)13-12-25(42)38(9,48)30-21(41)15-35(6)24-11-10-19-20(37(24,8)26(43)16-36(30,35)7)14-22(31(47)34(19,4)5)49-32-29(46)28(45)27(44)23(17-39)50-32/h10,12-13,20-24,27-30,32,39,41,44-46,48H,11,14-17H2,1-9H3;10,12-14,20-21,23-24,27-30,32,39,41,44-46,48H,11,15-17H2,1-9H3/b2*13-12+/t20-,21-,22+,23?,24+,27?,28?,29?,30+,32?,35+,36-,37+,38+;20-,21-,23?,24+,27?,28?,29?,30+,32?,35+,36-,37+,38+/m11/s1. The molecule has 570 valence electrons. The van der Waals surface area contributed by atoms with Gasteiger partial charge in [0.2, 0.25) is 12.1 Å². The highest BCUT2D eigenvalue weighted by molar-refractivity contribution is 6.03. The fourth-order valence-corrected chi connectivity index (χ4v) is 21.2. The minimum atomic E-state index is -2.09. The van der Waals surface area contributed by atoms with Crippen LogP contribution in [0, 0.1) is 78.8 Å². The maximum atomic E-state index is 14.8. The Morgan fingerprint density at radius 1 is 0.549 bits per heavy atom. The zero-order valence-electron chi connectivity index (χ0n) is 62.0. The highest BCUT2D eigenvalue weighted by atomic mass is 16.7. The summed E-state index contributed by atoms with van der Waals surface area (Å²) in [6.07, 6.45) is -7.48. The second-order valence-corrected chi connectivity index (χ2v) is 34.8. The van der Waals surface area contributed by atoms with E-state index in [0.717, 1.165) is 17.7 Å². The Balaban J connectivity index is 0.000000237. The van der Waals surface area contributed by atoms with E-state index >= 15 is 0 Å². The van der Waals surface area contributed by atoms with E-state index in [1.54, 1.807) is 61.5 Å². The minimum absolute atomic E-state index is 0.0549. The topological polar surface area (TPSA) is 435 Å². The molecular weight excluding hydrogens is 1330 g/mol. The molecule has 2 saturated heterocycles. The molecule has 8 aliphatic carbocycles. The maximum Gasteiger partial charge on any atom is 0.303 e. The lowest BCUT2D eigenvalue weighted by molar-refractivity contribution is -0.311. The summed E-state index contributed by atoms with van der Waals surface area (Å²) >= 11 is 0. The molecule has 26 heteroatoms. The van der Waals surface area contributed by atoms with Crippen molar-refractivity contribution in [3.63, 3.8) is 0 Å². The predicted molar refractivity (Wildman–Crippen MR) is 360 cm³/mol. The van der Waals surface area contributed by atoms with Crippen molar-refractivity contribution in [1.82, 2.24) is 0 Å². The van der Waals surface area contributed by atoms with Gasteiger partial charge in [0.1, 0.15) is 88.9 Å². The van der Waals surface area contributed by atoms with Crippen molar-refractivity contribution >= 4 is 46.6 Å². The first-order valence-corrected chi connectivity index (χ1v) is 35.5. The molecule has 5 saturated carbocycles. The number of rotatable bonds is 16. The Bertz CT molecular complexity index is 3530. The third-order valence-electron chi connectivity index (χ3n) is 26.9. The summed E-state index contributed by atoms with van der Waals surface area (Å²) in [5.41, 5.74) is -13.0. The Morgan fingerprint density at radius 3 is 1.38 bits per heavy atom. The minimum Gasteiger partial charge on any atom is -0.459 e. The van der Waals surface area contributed by atoms with Gasteiger partial charge in [-0.1, -0.05) is 64.8 Å². The molecule has 26 nitrogen and oxygen atoms in total. The highest BCUT2D eigenvalue weighted by Crippen LogP contribution is 2.76. The van der Waals surface area contributed by atoms with Gasteiger partial charge in [0.15, 0.2) is 29.4 Å². The number of Topliss-reactive ketones (excluding diaryl/α,β-unsaturated/α-hetero) is 4. The molecule has 10 rings (SSSR count). The maximum absolute atomic E-state index is 14.8. The highest BCUT2D eigenvalue weighted by Gasteiger charge is 2.77. The Morgan fingerprint density at radius 2 is 0.951 bits per heavy atom. The van der Waals surface area contributed by atoms with Gasteiger partial charge in [-0.2, -0.15) is 0 Å². The molecule has 10 aliphatic rings. The van der Waals surface area contributed by atoms with E-state index < -0.39 is 218 Å². The van der Waals surface area contributed by atoms with Crippen LogP contribution in [0.5, 0.6) is 0 Å². The average molecular weight is 1440 g/mol. The molecule has 2 aliphatic heterocycles. The molecule has 0 spiro atoms. The molecule has 2 heterocycles. The molecule has 0 bridgehead atoms. The van der Waals surface area contributed by atoms with Crippen LogP contribution in [0.25, 0.3) is 0 Å². The molecule has 0 aromatic carbocycles. The average Bonchev–Trinajstić information content (AvgIpc) is 1.41. The fourth-order valence-electron chi connectivity index (χ4n) is 21.2. The summed E-state index contributed by atoms with van der Waals surface area (Å²) < 4.78 is 33.6. The zero-order chi connectivity index (χ0) is 76.9. The van der Waals surface area contributed by atoms with Gasteiger partial charge in [0.25, 0.3) is 0 Å².